The van der Waals surface area contributed by atoms with Gasteiger partial charge < -0.3 is 10.3 Å². The molecule has 1 unspecified atom stereocenters. The van der Waals surface area contributed by atoms with Crippen molar-refractivity contribution in [2.75, 3.05) is 5.32 Å². The van der Waals surface area contributed by atoms with E-state index in [0.717, 1.165) is 17.8 Å². The molecule has 3 aromatic heterocycles. The molecule has 2 N–H and O–H groups in total. The lowest BCUT2D eigenvalue weighted by Crippen LogP contribution is -2.07. The van der Waals surface area contributed by atoms with Gasteiger partial charge in [-0.2, -0.15) is 0 Å². The zero-order chi connectivity index (χ0) is 14.1. The van der Waals surface area contributed by atoms with Crippen LogP contribution in [0.4, 0.5) is 5.82 Å². The van der Waals surface area contributed by atoms with Crippen LogP contribution in [0, 0.1) is 6.92 Å². The molecule has 3 aromatic rings. The van der Waals surface area contributed by atoms with E-state index in [1.807, 2.05) is 11.3 Å². The molecular weight excluding hydrogens is 270 g/mol. The van der Waals surface area contributed by atoms with Gasteiger partial charge in [0.2, 0.25) is 0 Å². The van der Waals surface area contributed by atoms with Crippen molar-refractivity contribution in [2.45, 2.75) is 33.2 Å². The highest BCUT2D eigenvalue weighted by atomic mass is 32.1. The van der Waals surface area contributed by atoms with Crippen molar-refractivity contribution in [3.05, 3.63) is 34.0 Å². The fourth-order valence-electron chi connectivity index (χ4n) is 2.26. The second kappa shape index (κ2) is 5.20. The molecule has 0 radical (unpaired) electrons. The summed E-state index contributed by atoms with van der Waals surface area (Å²) in [5.74, 6) is 0.795. The predicted molar refractivity (Wildman–Crippen MR) is 82.2 cm³/mol. The molecule has 0 spiro atoms. The van der Waals surface area contributed by atoms with Crippen LogP contribution in [0.15, 0.2) is 18.7 Å². The van der Waals surface area contributed by atoms with E-state index < -0.39 is 0 Å². The molecule has 0 bridgehead atoms. The Hall–Kier alpha value is -1.95. The summed E-state index contributed by atoms with van der Waals surface area (Å²) in [5, 5.41) is 3.44. The third-order valence-electron chi connectivity index (χ3n) is 3.36. The molecule has 3 rings (SSSR count). The van der Waals surface area contributed by atoms with E-state index in [0.29, 0.717) is 5.65 Å². The zero-order valence-electron chi connectivity index (χ0n) is 11.8. The lowest BCUT2D eigenvalue weighted by atomic mass is 10.2. The zero-order valence-corrected chi connectivity index (χ0v) is 12.6. The molecule has 3 heterocycles. The molecule has 0 aliphatic carbocycles. The highest BCUT2D eigenvalue weighted by Crippen LogP contribution is 2.30. The number of aromatic amines is 1. The van der Waals surface area contributed by atoms with E-state index in [1.165, 1.54) is 21.6 Å². The number of hydrogen-bond acceptors (Lipinski definition) is 5. The van der Waals surface area contributed by atoms with Crippen LogP contribution in [0.1, 0.15) is 35.2 Å². The standard InChI is InChI=1S/C14H17N5S/c1-4-10-8(2)5-11(20-10)9(3)19-14-12-13(16-6-15-12)17-7-18-14/h5-7,9H,4H2,1-3H3,(H2,15,16,17,18,19). The van der Waals surface area contributed by atoms with Gasteiger partial charge in [-0.05, 0) is 31.9 Å². The van der Waals surface area contributed by atoms with Crippen molar-refractivity contribution in [1.82, 2.24) is 19.9 Å². The van der Waals surface area contributed by atoms with Gasteiger partial charge in [-0.25, -0.2) is 15.0 Å². The van der Waals surface area contributed by atoms with Crippen molar-refractivity contribution < 1.29 is 0 Å². The maximum absolute atomic E-state index is 4.31. The first-order chi connectivity index (χ1) is 9.69. The number of thiophene rings is 1. The van der Waals surface area contributed by atoms with Gasteiger partial charge in [0.25, 0.3) is 0 Å². The van der Waals surface area contributed by atoms with Gasteiger partial charge in [-0.3, -0.25) is 0 Å². The molecule has 104 valence electrons. The van der Waals surface area contributed by atoms with Crippen molar-refractivity contribution in [1.29, 1.82) is 0 Å². The molecule has 0 amide bonds. The van der Waals surface area contributed by atoms with Crippen molar-refractivity contribution in [3.8, 4) is 0 Å². The summed E-state index contributed by atoms with van der Waals surface area (Å²) in [6, 6.07) is 2.47. The SMILES string of the molecule is CCc1sc(C(C)Nc2ncnc3nc[nH]c23)cc1C. The van der Waals surface area contributed by atoms with Crippen molar-refractivity contribution in [3.63, 3.8) is 0 Å². The van der Waals surface area contributed by atoms with Crippen molar-refractivity contribution in [2.24, 2.45) is 0 Å². The van der Waals surface area contributed by atoms with E-state index >= 15 is 0 Å². The smallest absolute Gasteiger partial charge is 0.182 e. The van der Waals surface area contributed by atoms with Gasteiger partial charge in [-0.1, -0.05) is 6.92 Å². The third kappa shape index (κ3) is 2.27. The summed E-state index contributed by atoms with van der Waals surface area (Å²) >= 11 is 1.86. The molecule has 6 heteroatoms. The van der Waals surface area contributed by atoms with E-state index in [2.05, 4.69) is 52.1 Å². The molecule has 0 aromatic carbocycles. The van der Waals surface area contributed by atoms with Crippen LogP contribution in [-0.2, 0) is 6.42 Å². The number of nitrogens with zero attached hydrogens (tertiary/aromatic N) is 3. The average Bonchev–Trinajstić information content (AvgIpc) is 3.05. The fourth-order valence-corrected chi connectivity index (χ4v) is 3.38. The maximum Gasteiger partial charge on any atom is 0.182 e. The van der Waals surface area contributed by atoms with E-state index in [1.54, 1.807) is 6.33 Å². The summed E-state index contributed by atoms with van der Waals surface area (Å²) in [7, 11) is 0. The lowest BCUT2D eigenvalue weighted by Gasteiger charge is -2.12. The van der Waals surface area contributed by atoms with Gasteiger partial charge in [0.05, 0.1) is 12.4 Å². The number of fused-ring (bicyclic) bond motifs is 1. The van der Waals surface area contributed by atoms with Crippen molar-refractivity contribution >= 4 is 28.3 Å². The van der Waals surface area contributed by atoms with Gasteiger partial charge >= 0.3 is 0 Å². The topological polar surface area (TPSA) is 66.5 Å². The molecule has 5 nitrogen and oxygen atoms in total. The van der Waals surface area contributed by atoms with E-state index in [9.17, 15) is 0 Å². The predicted octanol–water partition coefficient (Wildman–Crippen LogP) is 3.46. The first-order valence-corrected chi connectivity index (χ1v) is 7.50. The quantitative estimate of drug-likeness (QED) is 0.771. The Bertz CT molecular complexity index is 730. The third-order valence-corrected chi connectivity index (χ3v) is 4.93. The monoisotopic (exact) mass is 287 g/mol. The number of nitrogens with one attached hydrogen (secondary N) is 2. The van der Waals surface area contributed by atoms with Gasteiger partial charge in [0, 0.05) is 9.75 Å². The highest BCUT2D eigenvalue weighted by molar-refractivity contribution is 7.12. The van der Waals surface area contributed by atoms with Crippen LogP contribution in [0.2, 0.25) is 0 Å². The Morgan fingerprint density at radius 1 is 1.35 bits per heavy atom. The van der Waals surface area contributed by atoms with Crippen LogP contribution < -0.4 is 5.32 Å². The van der Waals surface area contributed by atoms with Crippen LogP contribution in [0.5, 0.6) is 0 Å². The first kappa shape index (κ1) is 13.1. The van der Waals surface area contributed by atoms with Gasteiger partial charge in [0.15, 0.2) is 11.5 Å². The number of H-pyrrole nitrogens is 1. The molecule has 0 saturated heterocycles. The fraction of sp³-hybridized carbons (Fsp3) is 0.357. The lowest BCUT2D eigenvalue weighted by molar-refractivity contribution is 0.896. The molecule has 0 aliphatic rings. The molecule has 20 heavy (non-hydrogen) atoms. The Balaban J connectivity index is 1.88. The Labute approximate surface area is 121 Å². The summed E-state index contributed by atoms with van der Waals surface area (Å²) in [4.78, 5) is 18.4. The molecule has 0 saturated carbocycles. The van der Waals surface area contributed by atoms with E-state index in [-0.39, 0.29) is 6.04 Å². The summed E-state index contributed by atoms with van der Waals surface area (Å²) in [6.07, 6.45) is 4.26. The van der Waals surface area contributed by atoms with Crippen LogP contribution in [0.3, 0.4) is 0 Å². The van der Waals surface area contributed by atoms with E-state index in [4.69, 9.17) is 0 Å². The molecular formula is C14H17N5S. The van der Waals surface area contributed by atoms with Crippen LogP contribution in [0.25, 0.3) is 11.2 Å². The maximum atomic E-state index is 4.31. The Morgan fingerprint density at radius 3 is 2.95 bits per heavy atom. The van der Waals surface area contributed by atoms with Gasteiger partial charge in [0.1, 0.15) is 11.8 Å². The van der Waals surface area contributed by atoms with Gasteiger partial charge in [-0.15, -0.1) is 11.3 Å². The summed E-state index contributed by atoms with van der Waals surface area (Å²) < 4.78 is 0. The number of aryl methyl sites for hydroxylation is 2. The van der Waals surface area contributed by atoms with Crippen LogP contribution in [-0.4, -0.2) is 19.9 Å². The number of anilines is 1. The number of hydrogen-bond donors (Lipinski definition) is 2. The largest absolute Gasteiger partial charge is 0.361 e. The Morgan fingerprint density at radius 2 is 2.20 bits per heavy atom. The summed E-state index contributed by atoms with van der Waals surface area (Å²) in [5.41, 5.74) is 2.91. The number of rotatable bonds is 4. The normalized spacial score (nSPS) is 12.8. The minimum atomic E-state index is 0.209. The molecule has 0 fully saturated rings. The first-order valence-electron chi connectivity index (χ1n) is 6.69. The minimum absolute atomic E-state index is 0.209. The number of imidazole rings is 1. The minimum Gasteiger partial charge on any atom is -0.361 e. The summed E-state index contributed by atoms with van der Waals surface area (Å²) in [6.45, 7) is 6.51. The average molecular weight is 287 g/mol. The molecule has 0 aliphatic heterocycles. The second-order valence-corrected chi connectivity index (χ2v) is 5.97. The number of aromatic nitrogens is 4. The molecule has 1 atom stereocenters. The Kier molecular flexibility index (Phi) is 3.40. The highest BCUT2D eigenvalue weighted by Gasteiger charge is 2.13. The van der Waals surface area contributed by atoms with Crippen LogP contribution >= 0.6 is 11.3 Å². The second-order valence-electron chi connectivity index (χ2n) is 4.80.